The lowest BCUT2D eigenvalue weighted by atomic mass is 9.62. The SMILES string of the molecule is CCNC1(Oc2cc(OC)c3c4c2C(O)Nc2cc5c(c(c2-4)CC3)C(O)C(c2cc(OC)c(O)c(OCC(CO)C3(c4ccccc4)CCCCC3)c2)CO5)CCCCC1. The summed E-state index contributed by atoms with van der Waals surface area (Å²) in [7, 11) is 3.18. The molecule has 6 N–H and O–H groups in total. The molecule has 2 heterocycles. The minimum Gasteiger partial charge on any atom is -0.502 e. The van der Waals surface area contributed by atoms with Gasteiger partial charge in [-0.15, -0.1) is 0 Å². The van der Waals surface area contributed by atoms with Crippen LogP contribution in [0.25, 0.3) is 11.1 Å². The number of phenolic OH excluding ortho intramolecular Hbond substituents is 1. The Morgan fingerprint density at radius 3 is 2.22 bits per heavy atom. The van der Waals surface area contributed by atoms with E-state index in [-0.39, 0.29) is 48.4 Å². The van der Waals surface area contributed by atoms with Crippen molar-refractivity contribution >= 4 is 5.69 Å². The molecule has 2 fully saturated rings. The summed E-state index contributed by atoms with van der Waals surface area (Å²) in [6.45, 7) is 3.15. The highest BCUT2D eigenvalue weighted by Crippen LogP contribution is 2.58. The van der Waals surface area contributed by atoms with Crippen LogP contribution in [0.15, 0.2) is 54.6 Å². The smallest absolute Gasteiger partial charge is 0.200 e. The van der Waals surface area contributed by atoms with Crippen LogP contribution >= 0.6 is 0 Å². The van der Waals surface area contributed by atoms with Gasteiger partial charge in [-0.05, 0) is 73.9 Å². The van der Waals surface area contributed by atoms with Gasteiger partial charge in [-0.25, -0.2) is 0 Å². The number of rotatable bonds is 13. The Kier molecular flexibility index (Phi) is 11.3. The second kappa shape index (κ2) is 16.6. The zero-order valence-corrected chi connectivity index (χ0v) is 35.1. The van der Waals surface area contributed by atoms with E-state index in [0.29, 0.717) is 41.0 Å². The van der Waals surface area contributed by atoms with Crippen LogP contribution in [0.3, 0.4) is 0 Å². The first kappa shape index (κ1) is 40.7. The second-order valence-corrected chi connectivity index (χ2v) is 17.5. The van der Waals surface area contributed by atoms with Gasteiger partial charge >= 0.3 is 0 Å². The molecule has 4 unspecified atom stereocenters. The van der Waals surface area contributed by atoms with Crippen molar-refractivity contribution in [2.24, 2.45) is 5.92 Å². The predicted molar refractivity (Wildman–Crippen MR) is 230 cm³/mol. The molecule has 2 saturated carbocycles. The summed E-state index contributed by atoms with van der Waals surface area (Å²) in [5, 5.41) is 53.6. The third kappa shape index (κ3) is 6.91. The summed E-state index contributed by atoms with van der Waals surface area (Å²) in [6.07, 6.45) is 9.51. The van der Waals surface area contributed by atoms with Crippen LogP contribution in [0.5, 0.6) is 34.5 Å². The first-order valence-electron chi connectivity index (χ1n) is 22.1. The lowest BCUT2D eigenvalue weighted by Gasteiger charge is -2.43. The standard InChI is InChI=1S/C49H60N2O9/c1-4-50-49(20-12-7-13-21-49)60-38-25-36(56-2)32-16-17-33-41-35(51-47(55)44(38)43(32)41)24-37-42(33)45(53)34(28-59-37)29-22-39(57-3)46(54)40(23-29)58-27-31(26-52)48(18-10-6-11-19-48)30-14-8-5-9-15-30/h5,8-9,14-15,22-25,31,34,45,47,50-55H,4,6-7,10-13,16-21,26-28H2,1-3H3. The van der Waals surface area contributed by atoms with E-state index >= 15 is 0 Å². The van der Waals surface area contributed by atoms with Crippen molar-refractivity contribution in [1.82, 2.24) is 5.32 Å². The van der Waals surface area contributed by atoms with E-state index in [4.69, 9.17) is 23.7 Å². The molecule has 60 heavy (non-hydrogen) atoms. The topological polar surface area (TPSA) is 151 Å². The number of fused-ring (bicyclic) bond motifs is 2. The lowest BCUT2D eigenvalue weighted by molar-refractivity contribution is -0.00334. The molecule has 5 aliphatic rings. The summed E-state index contributed by atoms with van der Waals surface area (Å²) in [5.74, 6) is 1.48. The fourth-order valence-corrected chi connectivity index (χ4v) is 11.3. The van der Waals surface area contributed by atoms with Crippen molar-refractivity contribution in [1.29, 1.82) is 0 Å². The molecule has 2 aliphatic heterocycles. The maximum Gasteiger partial charge on any atom is 0.200 e. The zero-order chi connectivity index (χ0) is 41.6. The van der Waals surface area contributed by atoms with Gasteiger partial charge in [0.15, 0.2) is 23.5 Å². The lowest BCUT2D eigenvalue weighted by Crippen LogP contribution is -2.51. The molecule has 11 nitrogen and oxygen atoms in total. The van der Waals surface area contributed by atoms with E-state index in [2.05, 4.69) is 41.8 Å². The predicted octanol–water partition coefficient (Wildman–Crippen LogP) is 8.34. The summed E-state index contributed by atoms with van der Waals surface area (Å²) in [4.78, 5) is 0. The molecule has 0 spiro atoms. The molecule has 0 bridgehead atoms. The van der Waals surface area contributed by atoms with E-state index in [1.807, 2.05) is 18.2 Å². The van der Waals surface area contributed by atoms with Crippen LogP contribution in [0.1, 0.15) is 123 Å². The quantitative estimate of drug-likeness (QED) is 0.0723. The number of nitrogens with one attached hydrogen (secondary N) is 2. The molecule has 0 aromatic heterocycles. The van der Waals surface area contributed by atoms with Gasteiger partial charge in [0.2, 0.25) is 5.75 Å². The third-order valence-corrected chi connectivity index (χ3v) is 14.3. The Hall–Kier alpha value is -4.68. The third-order valence-electron chi connectivity index (χ3n) is 14.3. The molecule has 0 radical (unpaired) electrons. The van der Waals surface area contributed by atoms with Crippen molar-refractivity contribution in [2.45, 2.75) is 113 Å². The molecule has 9 rings (SSSR count). The molecule has 11 heteroatoms. The fourth-order valence-electron chi connectivity index (χ4n) is 11.3. The van der Waals surface area contributed by atoms with E-state index < -0.39 is 24.0 Å². The highest BCUT2D eigenvalue weighted by atomic mass is 16.5. The van der Waals surface area contributed by atoms with Crippen LogP contribution in [-0.2, 0) is 18.3 Å². The largest absolute Gasteiger partial charge is 0.502 e. The average Bonchev–Trinajstić information content (AvgIpc) is 3.27. The van der Waals surface area contributed by atoms with Gasteiger partial charge in [0, 0.05) is 76.8 Å². The second-order valence-electron chi connectivity index (χ2n) is 17.5. The molecule has 0 amide bonds. The molecular formula is C49H60N2O9. The van der Waals surface area contributed by atoms with Crippen molar-refractivity contribution in [2.75, 3.05) is 45.9 Å². The fraction of sp³-hybridized carbons (Fsp3) is 0.510. The minimum absolute atomic E-state index is 0.0573. The van der Waals surface area contributed by atoms with E-state index in [1.54, 1.807) is 19.2 Å². The number of aromatic hydroxyl groups is 1. The van der Waals surface area contributed by atoms with Crippen LogP contribution in [0, 0.1) is 5.92 Å². The average molecular weight is 821 g/mol. The number of ether oxygens (including phenoxy) is 5. The van der Waals surface area contributed by atoms with Crippen molar-refractivity contribution in [3.05, 3.63) is 88.0 Å². The van der Waals surface area contributed by atoms with Gasteiger partial charge in [0.25, 0.3) is 0 Å². The van der Waals surface area contributed by atoms with Gasteiger partial charge in [-0.1, -0.05) is 62.9 Å². The number of aliphatic hydroxyl groups excluding tert-OH is 3. The summed E-state index contributed by atoms with van der Waals surface area (Å²) >= 11 is 0. The van der Waals surface area contributed by atoms with Gasteiger partial charge < -0.3 is 49.4 Å². The maximum absolute atomic E-state index is 12.5. The van der Waals surface area contributed by atoms with Gasteiger partial charge in [-0.3, -0.25) is 5.32 Å². The van der Waals surface area contributed by atoms with Crippen molar-refractivity contribution < 1.29 is 44.1 Å². The van der Waals surface area contributed by atoms with E-state index in [9.17, 15) is 20.4 Å². The molecule has 4 aromatic carbocycles. The van der Waals surface area contributed by atoms with Crippen molar-refractivity contribution in [3.63, 3.8) is 0 Å². The first-order chi connectivity index (χ1) is 29.2. The summed E-state index contributed by atoms with van der Waals surface area (Å²) < 4.78 is 31.7. The number of hydrogen-bond acceptors (Lipinski definition) is 11. The normalized spacial score (nSPS) is 22.6. The van der Waals surface area contributed by atoms with Crippen LogP contribution in [0.2, 0.25) is 0 Å². The molecular weight excluding hydrogens is 761 g/mol. The minimum atomic E-state index is -1.03. The summed E-state index contributed by atoms with van der Waals surface area (Å²) in [6, 6.07) is 17.8. The number of benzene rings is 4. The Bertz CT molecular complexity index is 2190. The number of anilines is 1. The zero-order valence-electron chi connectivity index (χ0n) is 35.1. The Morgan fingerprint density at radius 2 is 1.52 bits per heavy atom. The molecule has 4 atom stereocenters. The van der Waals surface area contributed by atoms with Gasteiger partial charge in [0.05, 0.1) is 39.1 Å². The van der Waals surface area contributed by atoms with E-state index in [0.717, 1.165) is 91.6 Å². The van der Waals surface area contributed by atoms with Crippen LogP contribution in [0.4, 0.5) is 5.69 Å². The molecule has 320 valence electrons. The van der Waals surface area contributed by atoms with Gasteiger partial charge in [0.1, 0.15) is 17.2 Å². The Labute approximate surface area is 353 Å². The molecule has 0 saturated heterocycles. The molecule has 3 aliphatic carbocycles. The maximum atomic E-state index is 12.5. The first-order valence-corrected chi connectivity index (χ1v) is 22.1. The van der Waals surface area contributed by atoms with Crippen molar-refractivity contribution in [3.8, 4) is 45.6 Å². The monoisotopic (exact) mass is 820 g/mol. The Morgan fingerprint density at radius 1 is 0.817 bits per heavy atom. The highest BCUT2D eigenvalue weighted by Gasteiger charge is 2.44. The number of aliphatic hydroxyl groups is 3. The number of hydrogen-bond donors (Lipinski definition) is 6. The molecule has 4 aromatic rings. The Balaban J connectivity index is 1.07. The van der Waals surface area contributed by atoms with Gasteiger partial charge in [-0.2, -0.15) is 0 Å². The van der Waals surface area contributed by atoms with Crippen LogP contribution < -0.4 is 34.3 Å². The number of methoxy groups -OCH3 is 2. The number of phenols is 1. The highest BCUT2D eigenvalue weighted by molar-refractivity contribution is 5.93. The summed E-state index contributed by atoms with van der Waals surface area (Å²) in [5.41, 5.74) is 7.01. The van der Waals surface area contributed by atoms with E-state index in [1.165, 1.54) is 25.5 Å². The van der Waals surface area contributed by atoms with Crippen LogP contribution in [-0.4, -0.2) is 66.7 Å².